The van der Waals surface area contributed by atoms with Gasteiger partial charge < -0.3 is 5.73 Å². The second-order valence-electron chi connectivity index (χ2n) is 5.73. The average molecular weight is 358 g/mol. The summed E-state index contributed by atoms with van der Waals surface area (Å²) in [6.07, 6.45) is 2.50. The lowest BCUT2D eigenvalue weighted by Gasteiger charge is -2.20. The summed E-state index contributed by atoms with van der Waals surface area (Å²) in [6, 6.07) is 29.4. The van der Waals surface area contributed by atoms with Gasteiger partial charge in [0.15, 0.2) is 0 Å². The molecule has 0 radical (unpaired) electrons. The van der Waals surface area contributed by atoms with Crippen LogP contribution in [0.2, 0.25) is 0 Å². The van der Waals surface area contributed by atoms with Crippen molar-refractivity contribution in [1.29, 1.82) is 5.26 Å². The minimum Gasteiger partial charge on any atom is -0.387 e. The Balaban J connectivity index is 2.16. The van der Waals surface area contributed by atoms with Gasteiger partial charge in [-0.25, -0.2) is 4.76 Å². The molecule has 0 atom stereocenters. The van der Waals surface area contributed by atoms with E-state index in [0.29, 0.717) is 12.3 Å². The highest BCUT2D eigenvalue weighted by Gasteiger charge is 2.25. The van der Waals surface area contributed by atoms with Crippen molar-refractivity contribution in [3.05, 3.63) is 96.6 Å². The zero-order valence-electron chi connectivity index (χ0n) is 14.2. The zero-order valence-corrected chi connectivity index (χ0v) is 15.1. The SMILES string of the molecule is N#CN=P(/N=C(\N)Cc1ccccc1)(c1ccccc1)c1ccccc1. The second kappa shape index (κ2) is 8.29. The first kappa shape index (κ1) is 17.7. The predicted molar refractivity (Wildman–Crippen MR) is 109 cm³/mol. The standard InChI is InChI=1S/C21H19N4P/c22-17-24-26(19-12-6-2-7-13-19,20-14-8-3-9-15-20)25-21(23)16-18-10-4-1-5-11-18/h1-15H,16H2,(H2,23,25). The number of hydrogen-bond donors (Lipinski definition) is 1. The molecule has 0 aromatic heterocycles. The van der Waals surface area contributed by atoms with Crippen LogP contribution >= 0.6 is 7.21 Å². The molecule has 0 saturated heterocycles. The van der Waals surface area contributed by atoms with Crippen molar-refractivity contribution < 1.29 is 0 Å². The zero-order chi connectivity index (χ0) is 18.2. The quantitative estimate of drug-likeness (QED) is 0.326. The summed E-state index contributed by atoms with van der Waals surface area (Å²) in [6.45, 7) is 0. The Morgan fingerprint density at radius 1 is 0.808 bits per heavy atom. The van der Waals surface area contributed by atoms with Crippen molar-refractivity contribution >= 4 is 23.6 Å². The summed E-state index contributed by atoms with van der Waals surface area (Å²) in [5.74, 6) is 0.469. The molecule has 3 aromatic carbocycles. The molecule has 0 aliphatic carbocycles. The van der Waals surface area contributed by atoms with E-state index < -0.39 is 7.21 Å². The molecular formula is C21H19N4P. The fraction of sp³-hybridized carbons (Fsp3) is 0.0476. The van der Waals surface area contributed by atoms with Crippen LogP contribution in [-0.4, -0.2) is 5.84 Å². The molecule has 0 aliphatic rings. The van der Waals surface area contributed by atoms with E-state index in [4.69, 9.17) is 10.5 Å². The van der Waals surface area contributed by atoms with Gasteiger partial charge in [0.1, 0.15) is 13.0 Å². The van der Waals surface area contributed by atoms with Gasteiger partial charge in [-0.05, 0) is 5.56 Å². The number of amidine groups is 1. The third-order valence-electron chi connectivity index (χ3n) is 3.92. The summed E-state index contributed by atoms with van der Waals surface area (Å²) < 4.78 is 9.18. The number of nitriles is 1. The van der Waals surface area contributed by atoms with Crippen molar-refractivity contribution in [2.75, 3.05) is 0 Å². The molecule has 0 amide bonds. The number of nitrogens with two attached hydrogens (primary N) is 1. The lowest BCUT2D eigenvalue weighted by Crippen LogP contribution is -2.20. The summed E-state index contributed by atoms with van der Waals surface area (Å²) >= 11 is 0. The molecule has 4 nitrogen and oxygen atoms in total. The van der Waals surface area contributed by atoms with Crippen LogP contribution in [0.5, 0.6) is 0 Å². The maximum atomic E-state index is 9.43. The van der Waals surface area contributed by atoms with Crippen LogP contribution in [0.25, 0.3) is 0 Å². The highest BCUT2D eigenvalue weighted by Crippen LogP contribution is 2.48. The van der Waals surface area contributed by atoms with E-state index in [1.165, 1.54) is 0 Å². The van der Waals surface area contributed by atoms with E-state index in [1.807, 2.05) is 97.2 Å². The molecule has 128 valence electrons. The van der Waals surface area contributed by atoms with Gasteiger partial charge in [0.05, 0.1) is 0 Å². The van der Waals surface area contributed by atoms with Crippen LogP contribution < -0.4 is 16.3 Å². The van der Waals surface area contributed by atoms with Crippen LogP contribution in [0.4, 0.5) is 0 Å². The van der Waals surface area contributed by atoms with E-state index in [-0.39, 0.29) is 0 Å². The van der Waals surface area contributed by atoms with E-state index in [2.05, 4.69) is 4.74 Å². The molecule has 26 heavy (non-hydrogen) atoms. The monoisotopic (exact) mass is 358 g/mol. The first-order valence-corrected chi connectivity index (χ1v) is 9.94. The maximum Gasteiger partial charge on any atom is 0.206 e. The Kier molecular flexibility index (Phi) is 5.63. The van der Waals surface area contributed by atoms with Crippen molar-refractivity contribution in [3.63, 3.8) is 0 Å². The van der Waals surface area contributed by atoms with Gasteiger partial charge in [-0.2, -0.15) is 10.0 Å². The molecule has 0 bridgehead atoms. The number of nitrogens with zero attached hydrogens (tertiary/aromatic N) is 3. The molecule has 0 heterocycles. The molecule has 0 aliphatic heterocycles. The highest BCUT2D eigenvalue weighted by atomic mass is 31.2. The molecule has 3 aromatic rings. The van der Waals surface area contributed by atoms with Gasteiger partial charge >= 0.3 is 0 Å². The van der Waals surface area contributed by atoms with Crippen LogP contribution in [0.15, 0.2) is 101 Å². The van der Waals surface area contributed by atoms with E-state index in [1.54, 1.807) is 0 Å². The van der Waals surface area contributed by atoms with Crippen LogP contribution in [0.1, 0.15) is 5.56 Å². The Hall–Kier alpha value is -3.15. The molecule has 5 heteroatoms. The average Bonchev–Trinajstić information content (AvgIpc) is 2.69. The van der Waals surface area contributed by atoms with E-state index >= 15 is 0 Å². The van der Waals surface area contributed by atoms with Gasteiger partial charge in [-0.1, -0.05) is 91.0 Å². The first-order chi connectivity index (χ1) is 12.7. The predicted octanol–water partition coefficient (Wildman–Crippen LogP) is 3.83. The fourth-order valence-electron chi connectivity index (χ4n) is 2.77. The molecule has 3 rings (SSSR count). The van der Waals surface area contributed by atoms with Gasteiger partial charge in [-0.15, -0.1) is 0 Å². The third kappa shape index (κ3) is 3.91. The smallest absolute Gasteiger partial charge is 0.206 e. The summed E-state index contributed by atoms with van der Waals surface area (Å²) in [4.78, 5) is 0. The lowest BCUT2D eigenvalue weighted by atomic mass is 10.1. The van der Waals surface area contributed by atoms with Crippen molar-refractivity contribution in [2.24, 2.45) is 15.2 Å². The minimum absolute atomic E-state index is 0.469. The largest absolute Gasteiger partial charge is 0.387 e. The van der Waals surface area contributed by atoms with Crippen LogP contribution in [0, 0.1) is 11.5 Å². The Bertz CT molecular complexity index is 931. The number of benzene rings is 3. The van der Waals surface area contributed by atoms with Gasteiger partial charge in [-0.3, -0.25) is 0 Å². The van der Waals surface area contributed by atoms with Crippen molar-refractivity contribution in [3.8, 4) is 6.19 Å². The first-order valence-electron chi connectivity index (χ1n) is 8.25. The van der Waals surface area contributed by atoms with Crippen LogP contribution in [0.3, 0.4) is 0 Å². The highest BCUT2D eigenvalue weighted by molar-refractivity contribution is 7.79. The molecule has 0 saturated carbocycles. The minimum atomic E-state index is -2.67. The van der Waals surface area contributed by atoms with Crippen molar-refractivity contribution in [1.82, 2.24) is 0 Å². The molecule has 0 fully saturated rings. The summed E-state index contributed by atoms with van der Waals surface area (Å²) in [5.41, 5.74) is 7.38. The van der Waals surface area contributed by atoms with Crippen molar-refractivity contribution in [2.45, 2.75) is 6.42 Å². The Morgan fingerprint density at radius 3 is 1.73 bits per heavy atom. The maximum absolute atomic E-state index is 9.43. The van der Waals surface area contributed by atoms with E-state index in [0.717, 1.165) is 16.2 Å². The normalized spacial score (nSPS) is 11.6. The van der Waals surface area contributed by atoms with E-state index in [9.17, 15) is 5.26 Å². The fourth-order valence-corrected chi connectivity index (χ4v) is 5.32. The summed E-state index contributed by atoms with van der Waals surface area (Å²) in [7, 11) is -2.67. The second-order valence-corrected chi connectivity index (χ2v) is 8.36. The molecular weight excluding hydrogens is 339 g/mol. The Labute approximate surface area is 153 Å². The third-order valence-corrected chi connectivity index (χ3v) is 6.88. The number of rotatable bonds is 5. The molecule has 0 unspecified atom stereocenters. The topological polar surface area (TPSA) is 74.5 Å². The van der Waals surface area contributed by atoms with Gasteiger partial charge in [0, 0.05) is 17.0 Å². The molecule has 2 N–H and O–H groups in total. The molecule has 0 spiro atoms. The van der Waals surface area contributed by atoms with Gasteiger partial charge in [0.25, 0.3) is 0 Å². The lowest BCUT2D eigenvalue weighted by molar-refractivity contribution is 1.29. The number of hydrogen-bond acceptors (Lipinski definition) is 2. The van der Waals surface area contributed by atoms with Crippen LogP contribution in [-0.2, 0) is 6.42 Å². The summed E-state index contributed by atoms with van der Waals surface area (Å²) in [5, 5.41) is 11.2. The van der Waals surface area contributed by atoms with Gasteiger partial charge in [0.2, 0.25) is 6.19 Å². The Morgan fingerprint density at radius 2 is 1.27 bits per heavy atom.